The van der Waals surface area contributed by atoms with Crippen molar-refractivity contribution in [1.82, 2.24) is 10.2 Å². The van der Waals surface area contributed by atoms with Crippen molar-refractivity contribution in [2.45, 2.75) is 45.5 Å². The van der Waals surface area contributed by atoms with Crippen LogP contribution in [0.3, 0.4) is 0 Å². The fourth-order valence-electron chi connectivity index (χ4n) is 3.60. The first-order valence-corrected chi connectivity index (χ1v) is 13.9. The van der Waals surface area contributed by atoms with Crippen LogP contribution in [0.15, 0.2) is 42.5 Å². The van der Waals surface area contributed by atoms with E-state index in [1.165, 1.54) is 11.0 Å². The van der Waals surface area contributed by atoms with Gasteiger partial charge in [0.2, 0.25) is 21.8 Å². The summed E-state index contributed by atoms with van der Waals surface area (Å²) in [6, 6.07) is 7.89. The van der Waals surface area contributed by atoms with Crippen molar-refractivity contribution in [1.29, 1.82) is 0 Å². The van der Waals surface area contributed by atoms with Crippen molar-refractivity contribution < 1.29 is 31.2 Å². The average Bonchev–Trinajstić information content (AvgIpc) is 2.80. The third-order valence-corrected chi connectivity index (χ3v) is 7.42. The number of hydrogen-bond acceptors (Lipinski definition) is 4. The zero-order valence-corrected chi connectivity index (χ0v) is 22.8. The molecule has 0 saturated carbocycles. The quantitative estimate of drug-likeness (QED) is 0.399. The molecule has 2 aromatic rings. The van der Waals surface area contributed by atoms with E-state index in [0.29, 0.717) is 22.2 Å². The van der Waals surface area contributed by atoms with Gasteiger partial charge >= 0.3 is 6.18 Å². The van der Waals surface area contributed by atoms with Gasteiger partial charge in [0.25, 0.3) is 0 Å². The minimum absolute atomic E-state index is 0.0168. The number of rotatable bonds is 11. The first kappa shape index (κ1) is 30.7. The Morgan fingerprint density at radius 3 is 2.22 bits per heavy atom. The fourth-order valence-corrected chi connectivity index (χ4v) is 5.07. The van der Waals surface area contributed by atoms with Crippen LogP contribution < -0.4 is 9.62 Å². The van der Waals surface area contributed by atoms with E-state index >= 15 is 0 Å². The molecule has 0 aliphatic heterocycles. The maximum atomic E-state index is 13.2. The third kappa shape index (κ3) is 8.51. The summed E-state index contributed by atoms with van der Waals surface area (Å²) >= 11 is 12.5. The number of alkyl halides is 3. The lowest BCUT2D eigenvalue weighted by molar-refractivity contribution is -0.140. The number of amides is 2. The molecular weight excluding hydrogens is 554 g/mol. The number of likely N-dealkylation sites (N-methyl/N-ethyl adjacent to an activating group) is 1. The molecule has 0 bridgehead atoms. The lowest BCUT2D eigenvalue weighted by Gasteiger charge is -2.30. The van der Waals surface area contributed by atoms with Gasteiger partial charge in [0.1, 0.15) is 6.04 Å². The topological polar surface area (TPSA) is 86.8 Å². The Morgan fingerprint density at radius 2 is 1.68 bits per heavy atom. The molecule has 0 aliphatic carbocycles. The number of benzene rings is 2. The molecule has 0 heterocycles. The van der Waals surface area contributed by atoms with E-state index < -0.39 is 39.6 Å². The molecule has 2 rings (SSSR count). The second-order valence-electron chi connectivity index (χ2n) is 8.28. The summed E-state index contributed by atoms with van der Waals surface area (Å²) in [4.78, 5) is 27.0. The Bertz CT molecular complexity index is 1210. The largest absolute Gasteiger partial charge is 0.416 e. The van der Waals surface area contributed by atoms with Gasteiger partial charge in [0, 0.05) is 41.7 Å². The second-order valence-corrected chi connectivity index (χ2v) is 11.0. The van der Waals surface area contributed by atoms with Gasteiger partial charge in [0.05, 0.1) is 17.5 Å². The molecule has 0 aromatic heterocycles. The number of carbonyl (C=O) groups is 2. The van der Waals surface area contributed by atoms with Gasteiger partial charge in [-0.3, -0.25) is 13.9 Å². The van der Waals surface area contributed by atoms with E-state index in [4.69, 9.17) is 23.2 Å². The summed E-state index contributed by atoms with van der Waals surface area (Å²) in [7, 11) is -3.95. The highest BCUT2D eigenvalue weighted by molar-refractivity contribution is 7.92. The standard InChI is InChI=1S/C24H28Cl2F3N3O4S/c1-4-30-23(34)16(2)31(15-19-20(25)10-6-11-21(19)26)22(33)12-7-13-32(37(3,35)36)18-9-5-8-17(14-18)24(27,28)29/h5-6,8-11,14,16H,4,7,12-13,15H2,1-3H3,(H,30,34)/t16-/m1/s1. The summed E-state index contributed by atoms with van der Waals surface area (Å²) in [5.74, 6) is -0.881. The number of carbonyl (C=O) groups excluding carboxylic acids is 2. The van der Waals surface area contributed by atoms with Gasteiger partial charge in [-0.25, -0.2) is 8.42 Å². The molecule has 204 valence electrons. The molecule has 7 nitrogen and oxygen atoms in total. The van der Waals surface area contributed by atoms with Crippen LogP contribution in [0, 0.1) is 0 Å². The molecule has 2 amide bonds. The minimum Gasteiger partial charge on any atom is -0.355 e. The van der Waals surface area contributed by atoms with Crippen LogP contribution in [0.5, 0.6) is 0 Å². The van der Waals surface area contributed by atoms with Gasteiger partial charge in [-0.1, -0.05) is 35.3 Å². The molecule has 0 aliphatic rings. The SMILES string of the molecule is CCNC(=O)[C@@H](C)N(Cc1c(Cl)cccc1Cl)C(=O)CCCN(c1cccc(C(F)(F)F)c1)S(C)(=O)=O. The number of halogens is 5. The second kappa shape index (κ2) is 12.8. The Kier molecular flexibility index (Phi) is 10.7. The maximum Gasteiger partial charge on any atom is 0.416 e. The summed E-state index contributed by atoms with van der Waals surface area (Å²) in [6.07, 6.45) is -3.98. The van der Waals surface area contributed by atoms with Crippen LogP contribution >= 0.6 is 23.2 Å². The van der Waals surface area contributed by atoms with E-state index in [0.717, 1.165) is 28.8 Å². The van der Waals surface area contributed by atoms with E-state index in [2.05, 4.69) is 5.32 Å². The molecule has 1 atom stereocenters. The van der Waals surface area contributed by atoms with Gasteiger partial charge in [-0.15, -0.1) is 0 Å². The monoisotopic (exact) mass is 581 g/mol. The van der Waals surface area contributed by atoms with E-state index in [-0.39, 0.29) is 31.6 Å². The van der Waals surface area contributed by atoms with Crippen LogP contribution in [0.25, 0.3) is 0 Å². The minimum atomic E-state index is -4.65. The first-order valence-electron chi connectivity index (χ1n) is 11.3. The fraction of sp³-hybridized carbons (Fsp3) is 0.417. The summed E-state index contributed by atoms with van der Waals surface area (Å²) < 4.78 is 64.9. The van der Waals surface area contributed by atoms with Crippen LogP contribution in [-0.4, -0.2) is 50.5 Å². The van der Waals surface area contributed by atoms with Crippen molar-refractivity contribution in [3.8, 4) is 0 Å². The van der Waals surface area contributed by atoms with E-state index in [9.17, 15) is 31.2 Å². The molecule has 13 heteroatoms. The Balaban J connectivity index is 2.25. The smallest absolute Gasteiger partial charge is 0.355 e. The number of anilines is 1. The zero-order chi connectivity index (χ0) is 28.0. The van der Waals surface area contributed by atoms with Crippen molar-refractivity contribution in [2.75, 3.05) is 23.7 Å². The molecule has 2 aromatic carbocycles. The van der Waals surface area contributed by atoms with Crippen molar-refractivity contribution in [2.24, 2.45) is 0 Å². The number of nitrogens with zero attached hydrogens (tertiary/aromatic N) is 2. The van der Waals surface area contributed by atoms with E-state index in [1.807, 2.05) is 0 Å². The van der Waals surface area contributed by atoms with Gasteiger partial charge in [-0.2, -0.15) is 13.2 Å². The highest BCUT2D eigenvalue weighted by Gasteiger charge is 2.32. The highest BCUT2D eigenvalue weighted by atomic mass is 35.5. The summed E-state index contributed by atoms with van der Waals surface area (Å²) in [5, 5.41) is 3.26. The van der Waals surface area contributed by atoms with Gasteiger partial charge in [0.15, 0.2) is 0 Å². The summed E-state index contributed by atoms with van der Waals surface area (Å²) in [6.45, 7) is 3.30. The predicted molar refractivity (Wildman–Crippen MR) is 138 cm³/mol. The Labute approximate surface area is 224 Å². The first-order chi connectivity index (χ1) is 17.2. The number of hydrogen-bond donors (Lipinski definition) is 1. The number of nitrogens with one attached hydrogen (secondary N) is 1. The molecule has 0 spiro atoms. The van der Waals surface area contributed by atoms with Crippen LogP contribution in [-0.2, 0) is 32.3 Å². The normalized spacial score (nSPS) is 12.6. The molecule has 0 radical (unpaired) electrons. The highest BCUT2D eigenvalue weighted by Crippen LogP contribution is 2.32. The molecule has 1 N–H and O–H groups in total. The van der Waals surface area contributed by atoms with Crippen LogP contribution in [0.1, 0.15) is 37.8 Å². The molecular formula is C24H28Cl2F3N3O4S. The van der Waals surface area contributed by atoms with Crippen molar-refractivity contribution >= 4 is 50.7 Å². The Hall–Kier alpha value is -2.50. The Morgan fingerprint density at radius 1 is 1.08 bits per heavy atom. The maximum absolute atomic E-state index is 13.2. The third-order valence-electron chi connectivity index (χ3n) is 5.52. The summed E-state index contributed by atoms with van der Waals surface area (Å²) in [5.41, 5.74) is -0.717. The predicted octanol–water partition coefficient (Wildman–Crippen LogP) is 5.11. The molecule has 37 heavy (non-hydrogen) atoms. The molecule has 0 unspecified atom stereocenters. The van der Waals surface area contributed by atoms with Gasteiger partial charge < -0.3 is 10.2 Å². The molecule has 0 saturated heterocycles. The van der Waals surface area contributed by atoms with E-state index in [1.54, 1.807) is 32.0 Å². The van der Waals surface area contributed by atoms with Crippen LogP contribution in [0.2, 0.25) is 10.0 Å². The molecule has 0 fully saturated rings. The van der Waals surface area contributed by atoms with Gasteiger partial charge in [-0.05, 0) is 50.6 Å². The average molecular weight is 582 g/mol. The van der Waals surface area contributed by atoms with Crippen molar-refractivity contribution in [3.05, 3.63) is 63.6 Å². The van der Waals surface area contributed by atoms with Crippen molar-refractivity contribution in [3.63, 3.8) is 0 Å². The zero-order valence-electron chi connectivity index (χ0n) is 20.5. The lowest BCUT2D eigenvalue weighted by atomic mass is 10.1. The van der Waals surface area contributed by atoms with Crippen LogP contribution in [0.4, 0.5) is 18.9 Å². The lowest BCUT2D eigenvalue weighted by Crippen LogP contribution is -2.47. The number of sulfonamides is 1.